The van der Waals surface area contributed by atoms with E-state index in [-0.39, 0.29) is 0 Å². The highest BCUT2D eigenvalue weighted by Crippen LogP contribution is 2.26. The number of aromatic nitrogens is 3. The molecule has 1 N–H and O–H groups in total. The number of nitrogens with zero attached hydrogens (tertiary/aromatic N) is 2. The summed E-state index contributed by atoms with van der Waals surface area (Å²) >= 11 is 5.45. The molecule has 102 valence electrons. The van der Waals surface area contributed by atoms with Gasteiger partial charge in [0.1, 0.15) is 0 Å². The predicted octanol–water partition coefficient (Wildman–Crippen LogP) is 3.22. The van der Waals surface area contributed by atoms with Crippen molar-refractivity contribution < 1.29 is 4.74 Å². The number of hydrogen-bond donors (Lipinski definition) is 1. The maximum absolute atomic E-state index is 5.76. The summed E-state index contributed by atoms with van der Waals surface area (Å²) < 4.78 is 8.65. The molecule has 0 aliphatic carbocycles. The van der Waals surface area contributed by atoms with Crippen molar-refractivity contribution >= 4 is 23.4 Å². The smallest absolute Gasteiger partial charge is 0.179 e. The van der Waals surface area contributed by atoms with Crippen LogP contribution in [-0.4, -0.2) is 27.2 Å². The van der Waals surface area contributed by atoms with Gasteiger partial charge in [0, 0.05) is 25.3 Å². The lowest BCUT2D eigenvalue weighted by atomic mass is 10.00. The van der Waals surface area contributed by atoms with E-state index in [0.29, 0.717) is 12.0 Å². The Morgan fingerprint density at radius 1 is 1.58 bits per heavy atom. The Bertz CT molecular complexity index is 646. The normalized spacial score (nSPS) is 23.3. The van der Waals surface area contributed by atoms with Gasteiger partial charge in [0.2, 0.25) is 0 Å². The van der Waals surface area contributed by atoms with Gasteiger partial charge in [-0.05, 0) is 43.6 Å². The molecular formula is C14H19N3OS. The van der Waals surface area contributed by atoms with Crippen LogP contribution in [0.15, 0.2) is 12.3 Å². The van der Waals surface area contributed by atoms with Gasteiger partial charge in [-0.1, -0.05) is 6.92 Å². The van der Waals surface area contributed by atoms with Gasteiger partial charge in [-0.15, -0.1) is 0 Å². The molecule has 1 saturated heterocycles. The van der Waals surface area contributed by atoms with Crippen LogP contribution < -0.4 is 0 Å². The lowest BCUT2D eigenvalue weighted by Crippen LogP contribution is -2.20. The fourth-order valence-corrected chi connectivity index (χ4v) is 3.19. The molecule has 2 unspecified atom stereocenters. The van der Waals surface area contributed by atoms with Crippen molar-refractivity contribution in [3.63, 3.8) is 0 Å². The minimum Gasteiger partial charge on any atom is -0.378 e. The van der Waals surface area contributed by atoms with Gasteiger partial charge in [0.15, 0.2) is 10.4 Å². The summed E-state index contributed by atoms with van der Waals surface area (Å²) in [4.78, 5) is 7.76. The van der Waals surface area contributed by atoms with Crippen molar-refractivity contribution in [3.8, 4) is 0 Å². The molecule has 0 spiro atoms. The van der Waals surface area contributed by atoms with E-state index in [1.165, 1.54) is 5.56 Å². The molecule has 3 rings (SSSR count). The summed E-state index contributed by atoms with van der Waals surface area (Å²) in [6, 6.07) is 2.01. The highest BCUT2D eigenvalue weighted by Gasteiger charge is 2.27. The molecule has 2 aromatic rings. The molecule has 5 heteroatoms. The molecule has 2 aromatic heterocycles. The van der Waals surface area contributed by atoms with Gasteiger partial charge < -0.3 is 14.3 Å². The topological polar surface area (TPSA) is 42.8 Å². The van der Waals surface area contributed by atoms with E-state index in [4.69, 9.17) is 17.0 Å². The van der Waals surface area contributed by atoms with Crippen LogP contribution in [0.25, 0.3) is 11.2 Å². The summed E-state index contributed by atoms with van der Waals surface area (Å²) in [6.45, 7) is 6.02. The van der Waals surface area contributed by atoms with Gasteiger partial charge in [-0.25, -0.2) is 4.98 Å². The molecule has 1 aliphatic rings. The van der Waals surface area contributed by atoms with Crippen LogP contribution in [0.4, 0.5) is 0 Å². The fourth-order valence-electron chi connectivity index (χ4n) is 2.93. The number of pyridine rings is 1. The van der Waals surface area contributed by atoms with Gasteiger partial charge in [0.05, 0.1) is 11.6 Å². The van der Waals surface area contributed by atoms with Gasteiger partial charge in [-0.3, -0.25) is 0 Å². The molecule has 2 atom stereocenters. The summed E-state index contributed by atoms with van der Waals surface area (Å²) in [5, 5.41) is 0. The molecule has 0 bridgehead atoms. The van der Waals surface area contributed by atoms with Crippen molar-refractivity contribution in [1.82, 2.24) is 14.5 Å². The van der Waals surface area contributed by atoms with Crippen molar-refractivity contribution in [2.24, 2.45) is 5.92 Å². The number of hydrogen-bond acceptors (Lipinski definition) is 3. The number of ether oxygens (including phenoxy) is 1. The van der Waals surface area contributed by atoms with Crippen LogP contribution >= 0.6 is 12.2 Å². The van der Waals surface area contributed by atoms with Crippen molar-refractivity contribution in [2.45, 2.75) is 39.3 Å². The Kier molecular flexibility index (Phi) is 3.41. The molecule has 19 heavy (non-hydrogen) atoms. The Labute approximate surface area is 117 Å². The number of rotatable bonds is 3. The van der Waals surface area contributed by atoms with Crippen molar-refractivity contribution in [2.75, 3.05) is 6.61 Å². The number of aromatic amines is 1. The number of fused-ring (bicyclic) bond motifs is 1. The molecule has 1 fully saturated rings. The largest absolute Gasteiger partial charge is 0.378 e. The van der Waals surface area contributed by atoms with E-state index < -0.39 is 0 Å². The summed E-state index contributed by atoms with van der Waals surface area (Å²) in [5.74, 6) is 0.540. The first-order valence-electron chi connectivity index (χ1n) is 6.86. The first-order valence-corrected chi connectivity index (χ1v) is 7.27. The minimum atomic E-state index is 0.358. The lowest BCUT2D eigenvalue weighted by Gasteiger charge is -2.17. The average Bonchev–Trinajstić information content (AvgIpc) is 2.97. The molecule has 0 aromatic carbocycles. The third kappa shape index (κ3) is 2.21. The Hall–Kier alpha value is -1.20. The Morgan fingerprint density at radius 3 is 3.21 bits per heavy atom. The first kappa shape index (κ1) is 12.8. The molecule has 3 heterocycles. The van der Waals surface area contributed by atoms with E-state index in [9.17, 15) is 0 Å². The van der Waals surface area contributed by atoms with Gasteiger partial charge >= 0.3 is 0 Å². The first-order chi connectivity index (χ1) is 9.20. The van der Waals surface area contributed by atoms with Crippen LogP contribution in [0, 0.1) is 17.6 Å². The van der Waals surface area contributed by atoms with Crippen LogP contribution in [0.3, 0.4) is 0 Å². The molecule has 0 radical (unpaired) electrons. The number of imidazole rings is 1. The zero-order chi connectivity index (χ0) is 13.4. The van der Waals surface area contributed by atoms with Crippen LogP contribution in [0.1, 0.15) is 25.3 Å². The SMILES string of the molecule is CCC1OCCC1Cn1c(=S)[nH]c2c(C)ccnc21. The maximum Gasteiger partial charge on any atom is 0.179 e. The highest BCUT2D eigenvalue weighted by molar-refractivity contribution is 7.71. The molecule has 4 nitrogen and oxygen atoms in total. The molecule has 1 aliphatic heterocycles. The van der Waals surface area contributed by atoms with Crippen molar-refractivity contribution in [1.29, 1.82) is 0 Å². The van der Waals surface area contributed by atoms with E-state index in [0.717, 1.165) is 41.9 Å². The third-order valence-corrected chi connectivity index (χ3v) is 4.36. The van der Waals surface area contributed by atoms with E-state index in [1.54, 1.807) is 0 Å². The zero-order valence-electron chi connectivity index (χ0n) is 11.3. The second kappa shape index (κ2) is 5.06. The third-order valence-electron chi connectivity index (χ3n) is 4.04. The van der Waals surface area contributed by atoms with Crippen molar-refractivity contribution in [3.05, 3.63) is 22.6 Å². The fraction of sp³-hybridized carbons (Fsp3) is 0.571. The number of aryl methyl sites for hydroxylation is 1. The zero-order valence-corrected chi connectivity index (χ0v) is 12.2. The van der Waals surface area contributed by atoms with Gasteiger partial charge in [0.25, 0.3) is 0 Å². The quantitative estimate of drug-likeness (QED) is 0.876. The van der Waals surface area contributed by atoms with Crippen LogP contribution in [-0.2, 0) is 11.3 Å². The number of H-pyrrole nitrogens is 1. The Morgan fingerprint density at radius 2 is 2.42 bits per heavy atom. The van der Waals surface area contributed by atoms with E-state index >= 15 is 0 Å². The second-order valence-corrected chi connectivity index (χ2v) is 5.62. The van der Waals surface area contributed by atoms with Crippen LogP contribution in [0.2, 0.25) is 0 Å². The minimum absolute atomic E-state index is 0.358. The lowest BCUT2D eigenvalue weighted by molar-refractivity contribution is 0.0836. The second-order valence-electron chi connectivity index (χ2n) is 5.23. The van der Waals surface area contributed by atoms with Crippen LogP contribution in [0.5, 0.6) is 0 Å². The molecule has 0 saturated carbocycles. The number of nitrogens with one attached hydrogen (secondary N) is 1. The molecule has 0 amide bonds. The standard InChI is InChI=1S/C14H19N3OS/c1-3-11-10(5-7-18-11)8-17-13-12(16-14(17)19)9(2)4-6-15-13/h4,6,10-11H,3,5,7-8H2,1-2H3,(H,16,19). The summed E-state index contributed by atoms with van der Waals surface area (Å²) in [6.07, 6.45) is 4.38. The predicted molar refractivity (Wildman–Crippen MR) is 77.8 cm³/mol. The maximum atomic E-state index is 5.76. The van der Waals surface area contributed by atoms with E-state index in [2.05, 4.69) is 28.4 Å². The molecular weight excluding hydrogens is 258 g/mol. The monoisotopic (exact) mass is 277 g/mol. The van der Waals surface area contributed by atoms with E-state index in [1.807, 2.05) is 12.3 Å². The summed E-state index contributed by atoms with van der Waals surface area (Å²) in [5.41, 5.74) is 3.20. The van der Waals surface area contributed by atoms with Gasteiger partial charge in [-0.2, -0.15) is 0 Å². The highest BCUT2D eigenvalue weighted by atomic mass is 32.1. The Balaban J connectivity index is 1.99. The summed E-state index contributed by atoms with van der Waals surface area (Å²) in [7, 11) is 0. The average molecular weight is 277 g/mol.